The van der Waals surface area contributed by atoms with Gasteiger partial charge in [-0.3, -0.25) is 0 Å². The second-order valence-electron chi connectivity index (χ2n) is 5.44. The first-order chi connectivity index (χ1) is 8.31. The van der Waals surface area contributed by atoms with Crippen molar-refractivity contribution in [1.82, 2.24) is 0 Å². The molecule has 0 spiro atoms. The zero-order valence-corrected chi connectivity index (χ0v) is 11.7. The molecule has 0 aliphatic carbocycles. The van der Waals surface area contributed by atoms with Gasteiger partial charge in [0.2, 0.25) is 0 Å². The Morgan fingerprint density at radius 1 is 1.17 bits per heavy atom. The van der Waals surface area contributed by atoms with Crippen molar-refractivity contribution in [2.75, 3.05) is 14.2 Å². The van der Waals surface area contributed by atoms with Crippen LogP contribution in [0.4, 0.5) is 0 Å². The Balaban J connectivity index is 3.14. The largest absolute Gasteiger partial charge is 0.497 e. The monoisotopic (exact) mass is 253 g/mol. The lowest BCUT2D eigenvalue weighted by molar-refractivity contribution is 0.0394. The molecule has 3 N–H and O–H groups in total. The van der Waals surface area contributed by atoms with E-state index in [1.54, 1.807) is 32.4 Å². The van der Waals surface area contributed by atoms with Gasteiger partial charge in [0.1, 0.15) is 11.5 Å². The van der Waals surface area contributed by atoms with Crippen LogP contribution in [0.5, 0.6) is 11.5 Å². The van der Waals surface area contributed by atoms with E-state index in [2.05, 4.69) is 0 Å². The van der Waals surface area contributed by atoms with Gasteiger partial charge in [-0.25, -0.2) is 0 Å². The summed E-state index contributed by atoms with van der Waals surface area (Å²) in [4.78, 5) is 0. The number of aliphatic hydroxyl groups is 1. The third-order valence-electron chi connectivity index (χ3n) is 3.02. The van der Waals surface area contributed by atoms with E-state index in [9.17, 15) is 5.11 Å². The average Bonchev–Trinajstić information content (AvgIpc) is 2.35. The van der Waals surface area contributed by atoms with Crippen molar-refractivity contribution in [3.63, 3.8) is 0 Å². The maximum absolute atomic E-state index is 10.3. The van der Waals surface area contributed by atoms with E-state index in [4.69, 9.17) is 15.2 Å². The van der Waals surface area contributed by atoms with Crippen molar-refractivity contribution in [3.05, 3.63) is 23.8 Å². The molecule has 2 atom stereocenters. The zero-order chi connectivity index (χ0) is 13.9. The van der Waals surface area contributed by atoms with Crippen LogP contribution in [0, 0.1) is 5.41 Å². The van der Waals surface area contributed by atoms with Gasteiger partial charge < -0.3 is 20.3 Å². The smallest absolute Gasteiger partial charge is 0.123 e. The molecule has 18 heavy (non-hydrogen) atoms. The maximum atomic E-state index is 10.3. The van der Waals surface area contributed by atoms with Gasteiger partial charge in [-0.1, -0.05) is 20.8 Å². The molecule has 0 amide bonds. The average molecular weight is 253 g/mol. The normalized spacial score (nSPS) is 15.1. The van der Waals surface area contributed by atoms with Gasteiger partial charge in [-0.15, -0.1) is 0 Å². The topological polar surface area (TPSA) is 64.7 Å². The summed E-state index contributed by atoms with van der Waals surface area (Å²) in [6.45, 7) is 5.85. The molecule has 0 heterocycles. The van der Waals surface area contributed by atoms with Crippen molar-refractivity contribution in [3.8, 4) is 11.5 Å². The predicted octanol–water partition coefficient (Wildman–Crippen LogP) is 2.11. The molecule has 0 fully saturated rings. The molecule has 0 aliphatic rings. The Bertz CT molecular complexity index is 399. The number of hydrogen-bond acceptors (Lipinski definition) is 4. The highest BCUT2D eigenvalue weighted by atomic mass is 16.5. The Morgan fingerprint density at radius 2 is 1.78 bits per heavy atom. The van der Waals surface area contributed by atoms with Crippen molar-refractivity contribution >= 4 is 0 Å². The summed E-state index contributed by atoms with van der Waals surface area (Å²) >= 11 is 0. The first-order valence-electron chi connectivity index (χ1n) is 5.96. The second-order valence-corrected chi connectivity index (χ2v) is 5.44. The van der Waals surface area contributed by atoms with Crippen LogP contribution in [0.3, 0.4) is 0 Å². The van der Waals surface area contributed by atoms with Gasteiger partial charge in [-0.05, 0) is 23.6 Å². The van der Waals surface area contributed by atoms with E-state index in [1.807, 2.05) is 20.8 Å². The molecule has 0 saturated heterocycles. The minimum Gasteiger partial charge on any atom is -0.497 e. The third kappa shape index (κ3) is 3.15. The van der Waals surface area contributed by atoms with E-state index < -0.39 is 12.1 Å². The fraction of sp³-hybridized carbons (Fsp3) is 0.571. The fourth-order valence-electron chi connectivity index (χ4n) is 1.81. The van der Waals surface area contributed by atoms with Crippen molar-refractivity contribution < 1.29 is 14.6 Å². The first kappa shape index (κ1) is 14.8. The number of aliphatic hydroxyl groups excluding tert-OH is 1. The van der Waals surface area contributed by atoms with Gasteiger partial charge in [-0.2, -0.15) is 0 Å². The fourth-order valence-corrected chi connectivity index (χ4v) is 1.81. The van der Waals surface area contributed by atoms with Crippen LogP contribution in [0.15, 0.2) is 18.2 Å². The molecule has 1 aromatic carbocycles. The van der Waals surface area contributed by atoms with Crippen LogP contribution in [-0.2, 0) is 0 Å². The molecule has 4 nitrogen and oxygen atoms in total. The number of hydrogen-bond donors (Lipinski definition) is 2. The molecule has 0 aliphatic heterocycles. The molecule has 1 aromatic rings. The van der Waals surface area contributed by atoms with Crippen molar-refractivity contribution in [1.29, 1.82) is 0 Å². The second kappa shape index (κ2) is 5.59. The maximum Gasteiger partial charge on any atom is 0.123 e. The van der Waals surface area contributed by atoms with E-state index in [1.165, 1.54) is 0 Å². The molecule has 4 heteroatoms. The van der Waals surface area contributed by atoms with E-state index in [-0.39, 0.29) is 5.41 Å². The van der Waals surface area contributed by atoms with Gasteiger partial charge in [0.15, 0.2) is 0 Å². The molecule has 0 unspecified atom stereocenters. The summed E-state index contributed by atoms with van der Waals surface area (Å²) in [5.74, 6) is 1.36. The van der Waals surface area contributed by atoms with Gasteiger partial charge in [0, 0.05) is 5.56 Å². The van der Waals surface area contributed by atoms with E-state index >= 15 is 0 Å². The summed E-state index contributed by atoms with van der Waals surface area (Å²) in [6, 6.07) is 4.88. The minimum absolute atomic E-state index is 0.298. The molecule has 1 rings (SSSR count). The van der Waals surface area contributed by atoms with Crippen molar-refractivity contribution in [2.24, 2.45) is 11.1 Å². The molecule has 102 valence electrons. The van der Waals surface area contributed by atoms with Crippen LogP contribution >= 0.6 is 0 Å². The van der Waals surface area contributed by atoms with Crippen molar-refractivity contribution in [2.45, 2.75) is 32.9 Å². The molecule has 0 radical (unpaired) electrons. The number of nitrogens with two attached hydrogens (primary N) is 1. The van der Waals surface area contributed by atoms with Crippen LogP contribution < -0.4 is 15.2 Å². The van der Waals surface area contributed by atoms with Crippen LogP contribution in [0.1, 0.15) is 32.4 Å². The summed E-state index contributed by atoms with van der Waals surface area (Å²) in [6.07, 6.45) is -0.668. The summed E-state index contributed by atoms with van der Waals surface area (Å²) in [5, 5.41) is 10.3. The van der Waals surface area contributed by atoms with Crippen LogP contribution in [0.2, 0.25) is 0 Å². The lowest BCUT2D eigenvalue weighted by atomic mass is 9.82. The van der Waals surface area contributed by atoms with Gasteiger partial charge in [0.05, 0.1) is 26.4 Å². The SMILES string of the molecule is COc1ccc(OC)c([C@@H](N)[C@@H](O)C(C)(C)C)c1. The highest BCUT2D eigenvalue weighted by Gasteiger charge is 2.30. The van der Waals surface area contributed by atoms with Crippen LogP contribution in [-0.4, -0.2) is 25.4 Å². The number of benzene rings is 1. The van der Waals surface area contributed by atoms with Crippen LogP contribution in [0.25, 0.3) is 0 Å². The Labute approximate surface area is 109 Å². The number of methoxy groups -OCH3 is 2. The zero-order valence-electron chi connectivity index (χ0n) is 11.7. The minimum atomic E-state index is -0.668. The summed E-state index contributed by atoms with van der Waals surface area (Å²) in [5.41, 5.74) is 6.59. The highest BCUT2D eigenvalue weighted by molar-refractivity contribution is 5.42. The quantitative estimate of drug-likeness (QED) is 0.862. The van der Waals surface area contributed by atoms with E-state index in [0.717, 1.165) is 5.56 Å². The standard InChI is InChI=1S/C14H23NO3/c1-14(2,3)13(16)12(15)10-8-9(17-4)6-7-11(10)18-5/h6-8,12-13,16H,15H2,1-5H3/t12-,13-/m1/s1. The Kier molecular flexibility index (Phi) is 4.59. The number of rotatable bonds is 4. The lowest BCUT2D eigenvalue weighted by Crippen LogP contribution is -2.37. The Morgan fingerprint density at radius 3 is 2.22 bits per heavy atom. The predicted molar refractivity (Wildman–Crippen MR) is 71.9 cm³/mol. The summed E-state index contributed by atoms with van der Waals surface area (Å²) in [7, 11) is 3.18. The van der Waals surface area contributed by atoms with E-state index in [0.29, 0.717) is 11.5 Å². The lowest BCUT2D eigenvalue weighted by Gasteiger charge is -2.31. The highest BCUT2D eigenvalue weighted by Crippen LogP contribution is 2.34. The van der Waals surface area contributed by atoms with Gasteiger partial charge >= 0.3 is 0 Å². The molecular formula is C14H23NO3. The number of ether oxygens (including phenoxy) is 2. The molecule has 0 aromatic heterocycles. The third-order valence-corrected chi connectivity index (χ3v) is 3.02. The first-order valence-corrected chi connectivity index (χ1v) is 5.96. The van der Waals surface area contributed by atoms with Gasteiger partial charge in [0.25, 0.3) is 0 Å². The Hall–Kier alpha value is -1.26. The molecular weight excluding hydrogens is 230 g/mol. The molecule has 0 saturated carbocycles. The summed E-state index contributed by atoms with van der Waals surface area (Å²) < 4.78 is 10.5. The molecule has 0 bridgehead atoms.